The topological polar surface area (TPSA) is 70.2 Å². The third-order valence-corrected chi connectivity index (χ3v) is 5.47. The number of morpholine rings is 1. The highest BCUT2D eigenvalue weighted by molar-refractivity contribution is 5.95. The van der Waals surface area contributed by atoms with Crippen LogP contribution in [0.15, 0.2) is 36.7 Å². The Kier molecular flexibility index (Phi) is 5.04. The van der Waals surface area contributed by atoms with Crippen LogP contribution in [-0.2, 0) is 4.74 Å². The number of carbonyl (C=O) groups is 1. The molecule has 0 unspecified atom stereocenters. The maximum absolute atomic E-state index is 13.0. The van der Waals surface area contributed by atoms with Crippen molar-refractivity contribution in [1.82, 2.24) is 20.2 Å². The maximum Gasteiger partial charge on any atom is 0.251 e. The van der Waals surface area contributed by atoms with Gasteiger partial charge in [0.25, 0.3) is 5.91 Å². The predicted octanol–water partition coefficient (Wildman–Crippen LogP) is 2.45. The van der Waals surface area contributed by atoms with E-state index in [0.717, 1.165) is 57.1 Å². The number of H-pyrrole nitrogens is 1. The number of rotatable bonds is 5. The first-order chi connectivity index (χ1) is 12.7. The number of benzene rings is 1. The summed E-state index contributed by atoms with van der Waals surface area (Å²) >= 11 is 0. The molecule has 0 bridgehead atoms. The first kappa shape index (κ1) is 17.2. The van der Waals surface area contributed by atoms with Crippen molar-refractivity contribution in [3.63, 3.8) is 0 Å². The molecule has 6 nitrogen and oxygen atoms in total. The van der Waals surface area contributed by atoms with Crippen molar-refractivity contribution >= 4 is 5.91 Å². The van der Waals surface area contributed by atoms with Crippen LogP contribution < -0.4 is 5.32 Å². The average Bonchev–Trinajstić information content (AvgIpc) is 3.35. The molecule has 1 aliphatic carbocycles. The van der Waals surface area contributed by atoms with E-state index in [0.29, 0.717) is 5.56 Å². The summed E-state index contributed by atoms with van der Waals surface area (Å²) in [7, 11) is 0. The number of nitrogens with one attached hydrogen (secondary N) is 2. The fraction of sp³-hybridized carbons (Fsp3) is 0.500. The minimum absolute atomic E-state index is 0.00793. The molecule has 138 valence electrons. The lowest BCUT2D eigenvalue weighted by molar-refractivity contribution is 0.0238. The number of aromatic nitrogens is 2. The van der Waals surface area contributed by atoms with E-state index < -0.39 is 0 Å². The second-order valence-electron chi connectivity index (χ2n) is 7.35. The largest absolute Gasteiger partial charge is 0.379 e. The van der Waals surface area contributed by atoms with E-state index in [9.17, 15) is 4.79 Å². The van der Waals surface area contributed by atoms with Gasteiger partial charge in [-0.05, 0) is 25.0 Å². The molecule has 1 aromatic heterocycles. The van der Waals surface area contributed by atoms with Gasteiger partial charge in [0.2, 0.25) is 0 Å². The summed E-state index contributed by atoms with van der Waals surface area (Å²) in [5, 5.41) is 3.38. The minimum atomic E-state index is -0.116. The van der Waals surface area contributed by atoms with Crippen molar-refractivity contribution in [2.75, 3.05) is 32.8 Å². The highest BCUT2D eigenvalue weighted by Crippen LogP contribution is 2.31. The van der Waals surface area contributed by atoms with Crippen molar-refractivity contribution in [1.29, 1.82) is 0 Å². The van der Waals surface area contributed by atoms with E-state index in [1.54, 1.807) is 12.4 Å². The first-order valence-corrected chi connectivity index (χ1v) is 9.47. The summed E-state index contributed by atoms with van der Waals surface area (Å²) in [5.74, 6) is 0.789. The Morgan fingerprint density at radius 2 is 2.08 bits per heavy atom. The second-order valence-corrected chi connectivity index (χ2v) is 7.35. The summed E-state index contributed by atoms with van der Waals surface area (Å²) in [5.41, 5.74) is 1.50. The monoisotopic (exact) mass is 354 g/mol. The van der Waals surface area contributed by atoms with E-state index in [1.807, 2.05) is 24.3 Å². The number of nitrogens with zero attached hydrogens (tertiary/aromatic N) is 2. The zero-order valence-corrected chi connectivity index (χ0v) is 15.0. The van der Waals surface area contributed by atoms with Gasteiger partial charge in [-0.25, -0.2) is 4.98 Å². The molecule has 0 radical (unpaired) electrons. The standard InChI is InChI=1S/C20H26N4O2/c25-19(17-5-3-4-16(14-17)18-21-8-9-22-18)23-20(6-1-2-7-20)15-24-10-12-26-13-11-24/h3-5,8-9,14H,1-2,6-7,10-13,15H2,(H,21,22)(H,23,25). The summed E-state index contributed by atoms with van der Waals surface area (Å²) in [6.07, 6.45) is 7.96. The molecule has 1 saturated heterocycles. The van der Waals surface area contributed by atoms with Gasteiger partial charge in [-0.15, -0.1) is 0 Å². The molecule has 4 rings (SSSR count). The summed E-state index contributed by atoms with van der Waals surface area (Å²) in [6.45, 7) is 4.39. The molecule has 0 spiro atoms. The van der Waals surface area contributed by atoms with Gasteiger partial charge in [0, 0.05) is 43.2 Å². The highest BCUT2D eigenvalue weighted by atomic mass is 16.5. The van der Waals surface area contributed by atoms with Crippen LogP contribution in [0.1, 0.15) is 36.0 Å². The molecule has 2 aromatic rings. The Balaban J connectivity index is 1.49. The normalized spacial score (nSPS) is 20.2. The smallest absolute Gasteiger partial charge is 0.251 e. The van der Waals surface area contributed by atoms with Gasteiger partial charge in [0.05, 0.1) is 18.8 Å². The fourth-order valence-corrected chi connectivity index (χ4v) is 4.11. The van der Waals surface area contributed by atoms with Gasteiger partial charge in [-0.2, -0.15) is 0 Å². The van der Waals surface area contributed by atoms with E-state index in [2.05, 4.69) is 20.2 Å². The zero-order valence-electron chi connectivity index (χ0n) is 15.0. The van der Waals surface area contributed by atoms with Crippen molar-refractivity contribution in [3.05, 3.63) is 42.2 Å². The van der Waals surface area contributed by atoms with Crippen LogP contribution in [0.25, 0.3) is 11.4 Å². The molecular formula is C20H26N4O2. The van der Waals surface area contributed by atoms with Gasteiger partial charge in [0.1, 0.15) is 5.82 Å². The van der Waals surface area contributed by atoms with Gasteiger partial charge in [-0.3, -0.25) is 9.69 Å². The predicted molar refractivity (Wildman–Crippen MR) is 99.9 cm³/mol. The molecule has 6 heteroatoms. The van der Waals surface area contributed by atoms with Crippen LogP contribution in [0.4, 0.5) is 0 Å². The molecule has 26 heavy (non-hydrogen) atoms. The van der Waals surface area contributed by atoms with E-state index >= 15 is 0 Å². The Bertz CT molecular complexity index is 732. The van der Waals surface area contributed by atoms with Crippen LogP contribution in [0.5, 0.6) is 0 Å². The van der Waals surface area contributed by atoms with Crippen LogP contribution in [-0.4, -0.2) is 59.2 Å². The summed E-state index contributed by atoms with van der Waals surface area (Å²) in [4.78, 5) is 22.8. The van der Waals surface area contributed by atoms with Crippen molar-refractivity contribution < 1.29 is 9.53 Å². The minimum Gasteiger partial charge on any atom is -0.379 e. The number of amides is 1. The Morgan fingerprint density at radius 3 is 2.81 bits per heavy atom. The van der Waals surface area contributed by atoms with E-state index in [4.69, 9.17) is 4.74 Å². The quantitative estimate of drug-likeness (QED) is 0.865. The number of hydrogen-bond acceptors (Lipinski definition) is 4. The highest BCUT2D eigenvalue weighted by Gasteiger charge is 2.37. The molecule has 2 N–H and O–H groups in total. The van der Waals surface area contributed by atoms with Crippen LogP contribution >= 0.6 is 0 Å². The summed E-state index contributed by atoms with van der Waals surface area (Å²) < 4.78 is 5.46. The third-order valence-electron chi connectivity index (χ3n) is 5.47. The Labute approximate surface area is 154 Å². The summed E-state index contributed by atoms with van der Waals surface area (Å²) in [6, 6.07) is 7.66. The van der Waals surface area contributed by atoms with Crippen LogP contribution in [0.2, 0.25) is 0 Å². The maximum atomic E-state index is 13.0. The average molecular weight is 354 g/mol. The molecular weight excluding hydrogens is 328 g/mol. The number of carbonyl (C=O) groups excluding carboxylic acids is 1. The van der Waals surface area contributed by atoms with Gasteiger partial charge in [-0.1, -0.05) is 25.0 Å². The lowest BCUT2D eigenvalue weighted by Crippen LogP contribution is -2.55. The van der Waals surface area contributed by atoms with Crippen molar-refractivity contribution in [3.8, 4) is 11.4 Å². The zero-order chi connectivity index (χ0) is 17.8. The molecule has 1 aromatic carbocycles. The molecule has 1 amide bonds. The lowest BCUT2D eigenvalue weighted by atomic mass is 9.95. The lowest BCUT2D eigenvalue weighted by Gasteiger charge is -2.37. The first-order valence-electron chi connectivity index (χ1n) is 9.47. The Hall–Kier alpha value is -2.18. The molecule has 2 aliphatic rings. The second kappa shape index (κ2) is 7.60. The van der Waals surface area contributed by atoms with Gasteiger partial charge in [0.15, 0.2) is 0 Å². The van der Waals surface area contributed by atoms with Crippen LogP contribution in [0.3, 0.4) is 0 Å². The number of ether oxygens (including phenoxy) is 1. The number of aromatic amines is 1. The third kappa shape index (κ3) is 3.81. The van der Waals surface area contributed by atoms with E-state index in [1.165, 1.54) is 12.8 Å². The number of hydrogen-bond donors (Lipinski definition) is 2. The SMILES string of the molecule is O=C(NC1(CN2CCOCC2)CCCC1)c1cccc(-c2ncc[nH]2)c1. The molecule has 0 atom stereocenters. The van der Waals surface area contributed by atoms with Crippen molar-refractivity contribution in [2.45, 2.75) is 31.2 Å². The Morgan fingerprint density at radius 1 is 1.27 bits per heavy atom. The van der Waals surface area contributed by atoms with Gasteiger partial charge >= 0.3 is 0 Å². The molecule has 1 saturated carbocycles. The molecule has 2 heterocycles. The fourth-order valence-electron chi connectivity index (χ4n) is 4.11. The van der Waals surface area contributed by atoms with Crippen molar-refractivity contribution in [2.24, 2.45) is 0 Å². The van der Waals surface area contributed by atoms with Crippen LogP contribution in [0, 0.1) is 0 Å². The molecule has 1 aliphatic heterocycles. The van der Waals surface area contributed by atoms with E-state index in [-0.39, 0.29) is 11.4 Å². The number of imidazole rings is 1. The van der Waals surface area contributed by atoms with Gasteiger partial charge < -0.3 is 15.0 Å². The molecule has 2 fully saturated rings.